The Morgan fingerprint density at radius 3 is 2.53 bits per heavy atom. The minimum absolute atomic E-state index is 0.0151. The van der Waals surface area contributed by atoms with E-state index in [4.69, 9.17) is 26.1 Å². The summed E-state index contributed by atoms with van der Waals surface area (Å²) in [6.07, 6.45) is 2.67. The van der Waals surface area contributed by atoms with Gasteiger partial charge in [0.05, 0.1) is 17.7 Å². The number of aliphatic imine (C=N–C) groups is 1. The van der Waals surface area contributed by atoms with Crippen LogP contribution in [-0.4, -0.2) is 29.1 Å². The van der Waals surface area contributed by atoms with Gasteiger partial charge in [-0.1, -0.05) is 66.6 Å². The summed E-state index contributed by atoms with van der Waals surface area (Å²) in [5.41, 5.74) is 3.59. The Balaban J connectivity index is 1.69. The van der Waals surface area contributed by atoms with Crippen molar-refractivity contribution in [2.45, 2.75) is 39.8 Å². The largest absolute Gasteiger partial charge is 0.493 e. The van der Waals surface area contributed by atoms with Crippen molar-refractivity contribution >= 4 is 46.2 Å². The molecule has 5 nitrogen and oxygen atoms in total. The van der Waals surface area contributed by atoms with Crippen LogP contribution in [0.5, 0.6) is 11.5 Å². The van der Waals surface area contributed by atoms with Crippen LogP contribution < -0.4 is 9.47 Å². The first-order valence-corrected chi connectivity index (χ1v) is 13.0. The highest BCUT2D eigenvalue weighted by molar-refractivity contribution is 8.18. The summed E-state index contributed by atoms with van der Waals surface area (Å²) < 4.78 is 11.8. The molecule has 0 aromatic heterocycles. The molecule has 36 heavy (non-hydrogen) atoms. The van der Waals surface area contributed by atoms with Gasteiger partial charge in [-0.3, -0.25) is 9.69 Å². The fourth-order valence-electron chi connectivity index (χ4n) is 3.73. The van der Waals surface area contributed by atoms with Crippen molar-refractivity contribution in [2.75, 3.05) is 7.11 Å². The fraction of sp³-hybridized carbons (Fsp3) is 0.241. The van der Waals surface area contributed by atoms with Gasteiger partial charge in [0.1, 0.15) is 6.61 Å². The summed E-state index contributed by atoms with van der Waals surface area (Å²) in [6, 6.07) is 21.2. The molecule has 1 aliphatic rings. The molecule has 0 spiro atoms. The molecule has 1 aliphatic heterocycles. The molecule has 1 atom stereocenters. The number of methoxy groups -OCH3 is 1. The fourth-order valence-corrected chi connectivity index (χ4v) is 5.00. The number of amides is 1. The van der Waals surface area contributed by atoms with Crippen LogP contribution in [0.15, 0.2) is 76.6 Å². The number of ether oxygens (including phenoxy) is 2. The van der Waals surface area contributed by atoms with Gasteiger partial charge < -0.3 is 9.47 Å². The zero-order chi connectivity index (χ0) is 25.7. The van der Waals surface area contributed by atoms with E-state index in [1.54, 1.807) is 12.0 Å². The number of thioether (sulfide) groups is 1. The zero-order valence-corrected chi connectivity index (χ0v) is 22.4. The minimum Gasteiger partial charge on any atom is -0.493 e. The third-order valence-electron chi connectivity index (χ3n) is 5.97. The Bertz CT molecular complexity index is 1300. The Kier molecular flexibility index (Phi) is 8.39. The lowest BCUT2D eigenvalue weighted by Gasteiger charge is -2.22. The number of carbonyl (C=O) groups excluding carboxylic acids is 1. The Hall–Kier alpha value is -3.22. The van der Waals surface area contributed by atoms with E-state index in [9.17, 15) is 4.79 Å². The summed E-state index contributed by atoms with van der Waals surface area (Å²) in [6.45, 7) is 6.42. The maximum absolute atomic E-state index is 13.5. The van der Waals surface area contributed by atoms with E-state index in [1.807, 2.05) is 86.7 Å². The third-order valence-corrected chi connectivity index (χ3v) is 7.32. The monoisotopic (exact) mass is 520 g/mol. The predicted molar refractivity (Wildman–Crippen MR) is 149 cm³/mol. The number of hydrogen-bond donors (Lipinski definition) is 0. The number of aryl methyl sites for hydroxylation is 1. The van der Waals surface area contributed by atoms with Crippen LogP contribution in [0.4, 0.5) is 5.69 Å². The molecular weight excluding hydrogens is 492 g/mol. The van der Waals surface area contributed by atoms with Gasteiger partial charge in [-0.2, -0.15) is 0 Å². The van der Waals surface area contributed by atoms with Crippen molar-refractivity contribution in [1.29, 1.82) is 0 Å². The SMILES string of the molecule is CC[C@H](C)N1C(=O)/C(=C\c2cccc(OC)c2OCc2ccccc2Cl)SC1=Nc1ccc(C)cc1. The summed E-state index contributed by atoms with van der Waals surface area (Å²) in [7, 11) is 1.60. The van der Waals surface area contributed by atoms with E-state index in [0.29, 0.717) is 26.6 Å². The molecule has 0 N–H and O–H groups in total. The topological polar surface area (TPSA) is 51.1 Å². The summed E-state index contributed by atoms with van der Waals surface area (Å²) in [5, 5.41) is 1.31. The molecule has 1 amide bonds. The molecule has 1 heterocycles. The number of hydrogen-bond acceptors (Lipinski definition) is 5. The third kappa shape index (κ3) is 5.77. The van der Waals surface area contributed by atoms with Crippen LogP contribution in [0.2, 0.25) is 5.02 Å². The van der Waals surface area contributed by atoms with Crippen molar-refractivity contribution in [3.63, 3.8) is 0 Å². The highest BCUT2D eigenvalue weighted by atomic mass is 35.5. The minimum atomic E-state index is -0.0694. The molecule has 0 bridgehead atoms. The van der Waals surface area contributed by atoms with Gasteiger partial charge in [0.25, 0.3) is 5.91 Å². The lowest BCUT2D eigenvalue weighted by molar-refractivity contribution is -0.123. The molecule has 0 aliphatic carbocycles. The van der Waals surface area contributed by atoms with Gasteiger partial charge in [-0.25, -0.2) is 4.99 Å². The van der Waals surface area contributed by atoms with Gasteiger partial charge >= 0.3 is 0 Å². The molecule has 0 unspecified atom stereocenters. The van der Waals surface area contributed by atoms with Gasteiger partial charge in [0.2, 0.25) is 0 Å². The zero-order valence-electron chi connectivity index (χ0n) is 20.8. The first-order valence-electron chi connectivity index (χ1n) is 11.8. The Labute approximate surface area is 221 Å². The van der Waals surface area contributed by atoms with Crippen molar-refractivity contribution in [1.82, 2.24) is 4.90 Å². The number of nitrogens with zero attached hydrogens (tertiary/aromatic N) is 2. The molecule has 1 fully saturated rings. The molecule has 186 valence electrons. The predicted octanol–water partition coefficient (Wildman–Crippen LogP) is 7.64. The van der Waals surface area contributed by atoms with Crippen LogP contribution >= 0.6 is 23.4 Å². The van der Waals surface area contributed by atoms with Crippen LogP contribution in [0.1, 0.15) is 37.0 Å². The van der Waals surface area contributed by atoms with Crippen molar-refractivity contribution in [3.05, 3.63) is 93.3 Å². The second-order valence-corrected chi connectivity index (χ2v) is 9.95. The van der Waals surface area contributed by atoms with Crippen LogP contribution in [0.3, 0.4) is 0 Å². The quantitative estimate of drug-likeness (QED) is 0.286. The molecule has 7 heteroatoms. The summed E-state index contributed by atoms with van der Waals surface area (Å²) >= 11 is 7.69. The van der Waals surface area contributed by atoms with Gasteiger partial charge in [-0.05, 0) is 62.4 Å². The number of carbonyl (C=O) groups is 1. The van der Waals surface area contributed by atoms with E-state index in [-0.39, 0.29) is 18.6 Å². The second-order valence-electron chi connectivity index (χ2n) is 8.53. The van der Waals surface area contributed by atoms with Crippen molar-refractivity contribution in [3.8, 4) is 11.5 Å². The number of halogens is 1. The van der Waals surface area contributed by atoms with E-state index in [0.717, 1.165) is 28.8 Å². The maximum Gasteiger partial charge on any atom is 0.267 e. The molecule has 3 aromatic rings. The number of amidine groups is 1. The van der Waals surface area contributed by atoms with Crippen LogP contribution in [0, 0.1) is 6.92 Å². The number of rotatable bonds is 8. The maximum atomic E-state index is 13.5. The van der Waals surface area contributed by atoms with Gasteiger partial charge in [0.15, 0.2) is 16.7 Å². The molecule has 0 radical (unpaired) electrons. The smallest absolute Gasteiger partial charge is 0.267 e. The van der Waals surface area contributed by atoms with Crippen LogP contribution in [0.25, 0.3) is 6.08 Å². The highest BCUT2D eigenvalue weighted by Crippen LogP contribution is 2.39. The first-order chi connectivity index (χ1) is 17.4. The lowest BCUT2D eigenvalue weighted by Crippen LogP contribution is -2.36. The number of benzene rings is 3. The molecule has 0 saturated carbocycles. The standard InChI is InChI=1S/C29H29ClN2O3S/c1-5-20(3)32-28(33)26(36-29(32)31-23-15-13-19(2)14-16-23)17-21-10-8-12-25(34-4)27(21)35-18-22-9-6-7-11-24(22)30/h6-17,20H,5,18H2,1-4H3/b26-17+,31-29?/t20-/m0/s1. The summed E-state index contributed by atoms with van der Waals surface area (Å²) in [5.74, 6) is 1.07. The van der Waals surface area contributed by atoms with Gasteiger partial charge in [0, 0.05) is 22.2 Å². The van der Waals surface area contributed by atoms with Gasteiger partial charge in [-0.15, -0.1) is 0 Å². The Morgan fingerprint density at radius 2 is 1.83 bits per heavy atom. The first kappa shape index (κ1) is 25.9. The van der Waals surface area contributed by atoms with E-state index in [2.05, 4.69) is 6.92 Å². The lowest BCUT2D eigenvalue weighted by atomic mass is 10.1. The number of para-hydroxylation sites is 1. The van der Waals surface area contributed by atoms with E-state index < -0.39 is 0 Å². The van der Waals surface area contributed by atoms with E-state index >= 15 is 0 Å². The van der Waals surface area contributed by atoms with Crippen molar-refractivity contribution in [2.24, 2.45) is 4.99 Å². The average molecular weight is 521 g/mol. The molecular formula is C29H29ClN2O3S. The molecule has 3 aromatic carbocycles. The Morgan fingerprint density at radius 1 is 1.08 bits per heavy atom. The van der Waals surface area contributed by atoms with Crippen molar-refractivity contribution < 1.29 is 14.3 Å². The normalized spacial score (nSPS) is 16.6. The van der Waals surface area contributed by atoms with E-state index in [1.165, 1.54) is 11.8 Å². The van der Waals surface area contributed by atoms with Crippen LogP contribution in [-0.2, 0) is 11.4 Å². The average Bonchev–Trinajstić information content (AvgIpc) is 3.19. The summed E-state index contributed by atoms with van der Waals surface area (Å²) in [4.78, 5) is 20.7. The molecule has 1 saturated heterocycles. The highest BCUT2D eigenvalue weighted by Gasteiger charge is 2.36. The molecule has 4 rings (SSSR count). The second kappa shape index (κ2) is 11.7.